The number of likely N-dealkylation sites (N-methyl/N-ethyl adjacent to an activating group) is 1. The Bertz CT molecular complexity index is 1050. The van der Waals surface area contributed by atoms with E-state index in [1.54, 1.807) is 49.4 Å². The smallest absolute Gasteiger partial charge is 0.335 e. The molecule has 6 amide bonds. The van der Waals surface area contributed by atoms with Gasteiger partial charge in [0.05, 0.1) is 12.6 Å². The second kappa shape index (κ2) is 9.42. The lowest BCUT2D eigenvalue weighted by molar-refractivity contribution is -0.145. The normalized spacial score (nSPS) is 14.5. The molecule has 9 heteroatoms. The van der Waals surface area contributed by atoms with Crippen LogP contribution < -0.4 is 5.32 Å². The van der Waals surface area contributed by atoms with E-state index in [1.165, 1.54) is 7.05 Å². The van der Waals surface area contributed by atoms with E-state index in [-0.39, 0.29) is 6.54 Å². The Balaban J connectivity index is 1.61. The minimum absolute atomic E-state index is 0.277. The highest BCUT2D eigenvalue weighted by atomic mass is 16.2. The van der Waals surface area contributed by atoms with Gasteiger partial charge in [-0.15, -0.1) is 0 Å². The number of carbonyl (C=O) groups is 5. The van der Waals surface area contributed by atoms with Crippen LogP contribution in [0.4, 0.5) is 10.5 Å². The summed E-state index contributed by atoms with van der Waals surface area (Å²) >= 11 is 0. The predicted molar refractivity (Wildman–Crippen MR) is 116 cm³/mol. The van der Waals surface area contributed by atoms with Gasteiger partial charge in [0, 0.05) is 12.7 Å². The molecule has 0 aromatic heterocycles. The number of urea groups is 1. The highest BCUT2D eigenvalue weighted by molar-refractivity contribution is 6.45. The molecular formula is C23H24N4O5. The zero-order valence-corrected chi connectivity index (χ0v) is 18.1. The molecule has 166 valence electrons. The summed E-state index contributed by atoms with van der Waals surface area (Å²) in [7, 11) is 1.38. The number of aryl methyl sites for hydroxylation is 1. The average molecular weight is 436 g/mol. The van der Waals surface area contributed by atoms with E-state index in [9.17, 15) is 24.0 Å². The van der Waals surface area contributed by atoms with E-state index in [1.807, 2.05) is 19.1 Å². The molecule has 0 saturated carbocycles. The maximum absolute atomic E-state index is 12.8. The summed E-state index contributed by atoms with van der Waals surface area (Å²) in [4.78, 5) is 64.9. The molecule has 1 saturated heterocycles. The van der Waals surface area contributed by atoms with Crippen LogP contribution in [0.15, 0.2) is 54.6 Å². The second-order valence-electron chi connectivity index (χ2n) is 7.60. The standard InChI is InChI=1S/C23H24N4O5/c1-15-9-11-18(12-10-15)24-19(28)13-25(3)20(29)14-26-21(30)22(31)27(23(26)32)16(2)17-7-5-4-6-8-17/h4-12,16H,13-14H2,1-3H3,(H,24,28). The highest BCUT2D eigenvalue weighted by Crippen LogP contribution is 2.26. The third-order valence-electron chi connectivity index (χ3n) is 5.19. The maximum Gasteiger partial charge on any atom is 0.335 e. The van der Waals surface area contributed by atoms with Crippen molar-refractivity contribution in [2.24, 2.45) is 0 Å². The third-order valence-corrected chi connectivity index (χ3v) is 5.19. The number of rotatable bonds is 7. The first-order chi connectivity index (χ1) is 15.2. The van der Waals surface area contributed by atoms with Gasteiger partial charge in [0.1, 0.15) is 6.54 Å². The average Bonchev–Trinajstić information content (AvgIpc) is 2.98. The molecule has 1 fully saturated rings. The van der Waals surface area contributed by atoms with Gasteiger partial charge in [0.25, 0.3) is 0 Å². The lowest BCUT2D eigenvalue weighted by Gasteiger charge is -2.23. The molecular weight excluding hydrogens is 412 g/mol. The van der Waals surface area contributed by atoms with Gasteiger partial charge in [-0.25, -0.2) is 14.6 Å². The molecule has 0 radical (unpaired) electrons. The molecule has 0 bridgehead atoms. The van der Waals surface area contributed by atoms with E-state index < -0.39 is 42.2 Å². The summed E-state index contributed by atoms with van der Waals surface area (Å²) in [6.45, 7) is 2.65. The van der Waals surface area contributed by atoms with Gasteiger partial charge in [-0.1, -0.05) is 48.0 Å². The SMILES string of the molecule is Cc1ccc(NC(=O)CN(C)C(=O)CN2C(=O)C(=O)N(C(C)c3ccccc3)C2=O)cc1. The molecule has 1 heterocycles. The number of amides is 6. The van der Waals surface area contributed by atoms with Crippen molar-refractivity contribution in [3.8, 4) is 0 Å². The van der Waals surface area contributed by atoms with Crippen molar-refractivity contribution in [2.45, 2.75) is 19.9 Å². The van der Waals surface area contributed by atoms with Gasteiger partial charge < -0.3 is 10.2 Å². The minimum Gasteiger partial charge on any atom is -0.335 e. The number of imide groups is 2. The lowest BCUT2D eigenvalue weighted by Crippen LogP contribution is -2.44. The summed E-state index contributed by atoms with van der Waals surface area (Å²) in [6, 6.07) is 14.4. The number of carbonyl (C=O) groups excluding carboxylic acids is 5. The van der Waals surface area contributed by atoms with Crippen molar-refractivity contribution in [2.75, 3.05) is 25.5 Å². The van der Waals surface area contributed by atoms with Gasteiger partial charge in [0.2, 0.25) is 11.8 Å². The minimum atomic E-state index is -1.07. The Labute approximate surface area is 185 Å². The summed E-state index contributed by atoms with van der Waals surface area (Å²) in [6.07, 6.45) is 0. The first-order valence-electron chi connectivity index (χ1n) is 10.0. The van der Waals surface area contributed by atoms with Crippen LogP contribution in [0.3, 0.4) is 0 Å². The van der Waals surface area contributed by atoms with Crippen molar-refractivity contribution in [1.29, 1.82) is 0 Å². The van der Waals surface area contributed by atoms with Crippen LogP contribution in [0, 0.1) is 6.92 Å². The number of nitrogens with one attached hydrogen (secondary N) is 1. The van der Waals surface area contributed by atoms with Crippen LogP contribution in [0.5, 0.6) is 0 Å². The molecule has 0 aliphatic carbocycles. The van der Waals surface area contributed by atoms with Crippen LogP contribution in [0.25, 0.3) is 0 Å². The van der Waals surface area contributed by atoms with Crippen molar-refractivity contribution in [3.05, 3.63) is 65.7 Å². The molecule has 9 nitrogen and oxygen atoms in total. The van der Waals surface area contributed by atoms with E-state index >= 15 is 0 Å². The number of anilines is 1. The summed E-state index contributed by atoms with van der Waals surface area (Å²) in [5.74, 6) is -3.13. The van der Waals surface area contributed by atoms with Crippen LogP contribution in [0.1, 0.15) is 24.1 Å². The molecule has 1 atom stereocenters. The first kappa shape index (κ1) is 22.7. The second-order valence-corrected chi connectivity index (χ2v) is 7.60. The van der Waals surface area contributed by atoms with E-state index in [4.69, 9.17) is 0 Å². The quantitative estimate of drug-likeness (QED) is 0.527. The lowest BCUT2D eigenvalue weighted by atomic mass is 10.1. The Morgan fingerprint density at radius 3 is 2.22 bits per heavy atom. The fourth-order valence-electron chi connectivity index (χ4n) is 3.28. The zero-order chi connectivity index (χ0) is 23.4. The molecule has 1 aliphatic rings. The van der Waals surface area contributed by atoms with Gasteiger partial charge in [-0.2, -0.15) is 0 Å². The van der Waals surface area contributed by atoms with Gasteiger partial charge >= 0.3 is 17.8 Å². The highest BCUT2D eigenvalue weighted by Gasteiger charge is 2.47. The third kappa shape index (κ3) is 4.83. The van der Waals surface area contributed by atoms with Crippen LogP contribution in [-0.4, -0.2) is 64.5 Å². The van der Waals surface area contributed by atoms with Gasteiger partial charge in [-0.05, 0) is 31.5 Å². The van der Waals surface area contributed by atoms with Crippen molar-refractivity contribution >= 4 is 35.3 Å². The fraction of sp³-hybridized carbons (Fsp3) is 0.261. The van der Waals surface area contributed by atoms with Crippen molar-refractivity contribution in [1.82, 2.24) is 14.7 Å². The molecule has 1 aliphatic heterocycles. The number of hydrogen-bond donors (Lipinski definition) is 1. The summed E-state index contributed by atoms with van der Waals surface area (Å²) in [5, 5.41) is 2.67. The Morgan fingerprint density at radius 2 is 1.59 bits per heavy atom. The molecule has 2 aromatic carbocycles. The molecule has 2 aromatic rings. The van der Waals surface area contributed by atoms with E-state index in [0.717, 1.165) is 15.4 Å². The molecule has 1 unspecified atom stereocenters. The number of nitrogens with zero attached hydrogens (tertiary/aromatic N) is 3. The van der Waals surface area contributed by atoms with Gasteiger partial charge in [-0.3, -0.25) is 19.2 Å². The fourth-order valence-corrected chi connectivity index (χ4v) is 3.28. The van der Waals surface area contributed by atoms with E-state index in [0.29, 0.717) is 16.2 Å². The van der Waals surface area contributed by atoms with Crippen molar-refractivity contribution in [3.63, 3.8) is 0 Å². The van der Waals surface area contributed by atoms with Crippen LogP contribution in [0.2, 0.25) is 0 Å². The predicted octanol–water partition coefficient (Wildman–Crippen LogP) is 1.94. The van der Waals surface area contributed by atoms with Crippen LogP contribution >= 0.6 is 0 Å². The van der Waals surface area contributed by atoms with Crippen molar-refractivity contribution < 1.29 is 24.0 Å². The summed E-state index contributed by atoms with van der Waals surface area (Å²) < 4.78 is 0. The van der Waals surface area contributed by atoms with Gasteiger partial charge in [0.15, 0.2) is 0 Å². The Hall–Kier alpha value is -4.01. The maximum atomic E-state index is 12.8. The first-order valence-corrected chi connectivity index (χ1v) is 10.0. The topological polar surface area (TPSA) is 107 Å². The Morgan fingerprint density at radius 1 is 0.969 bits per heavy atom. The molecule has 3 rings (SSSR count). The monoisotopic (exact) mass is 436 g/mol. The molecule has 0 spiro atoms. The number of benzene rings is 2. The molecule has 1 N–H and O–H groups in total. The summed E-state index contributed by atoms with van der Waals surface area (Å²) in [5.41, 5.74) is 2.31. The number of hydrogen-bond acceptors (Lipinski definition) is 5. The Kier molecular flexibility index (Phi) is 6.67. The van der Waals surface area contributed by atoms with Crippen LogP contribution in [-0.2, 0) is 19.2 Å². The van der Waals surface area contributed by atoms with E-state index in [2.05, 4.69) is 5.32 Å². The zero-order valence-electron chi connectivity index (χ0n) is 18.1. The molecule has 32 heavy (non-hydrogen) atoms. The largest absolute Gasteiger partial charge is 0.335 e.